The molecular formula is C10H20N2O2. The normalized spacial score (nSPS) is 24.3. The predicted octanol–water partition coefficient (Wildman–Crippen LogP) is 0.280. The number of hydrogen-bond acceptors (Lipinski definition) is 3. The summed E-state index contributed by atoms with van der Waals surface area (Å²) in [4.78, 5) is 11.2. The Balaban J connectivity index is 2.25. The van der Waals surface area contributed by atoms with Crippen LogP contribution in [0.1, 0.15) is 26.2 Å². The molecule has 82 valence electrons. The van der Waals surface area contributed by atoms with Crippen molar-refractivity contribution in [2.24, 2.45) is 0 Å². The minimum Gasteiger partial charge on any atom is -0.375 e. The van der Waals surface area contributed by atoms with Crippen LogP contribution in [0.4, 0.5) is 0 Å². The van der Waals surface area contributed by atoms with Gasteiger partial charge in [-0.2, -0.15) is 0 Å². The number of piperidine rings is 1. The monoisotopic (exact) mass is 200 g/mol. The highest BCUT2D eigenvalue weighted by Crippen LogP contribution is 2.09. The van der Waals surface area contributed by atoms with E-state index in [1.54, 1.807) is 0 Å². The molecule has 0 aromatic heterocycles. The number of hydrogen-bond donors (Lipinski definition) is 2. The Kier molecular flexibility index (Phi) is 4.90. The van der Waals surface area contributed by atoms with Gasteiger partial charge in [0.15, 0.2) is 0 Å². The van der Waals surface area contributed by atoms with E-state index < -0.39 is 0 Å². The van der Waals surface area contributed by atoms with Crippen molar-refractivity contribution < 1.29 is 9.53 Å². The van der Waals surface area contributed by atoms with Crippen LogP contribution in [0, 0.1) is 0 Å². The summed E-state index contributed by atoms with van der Waals surface area (Å²) in [6, 6.07) is 0.613. The summed E-state index contributed by atoms with van der Waals surface area (Å²) in [5.74, 6) is -0.0348. The zero-order valence-electron chi connectivity index (χ0n) is 9.01. The van der Waals surface area contributed by atoms with Crippen LogP contribution in [-0.2, 0) is 9.53 Å². The molecule has 1 rings (SSSR count). The van der Waals surface area contributed by atoms with E-state index in [1.165, 1.54) is 20.0 Å². The molecule has 0 saturated carbocycles. The van der Waals surface area contributed by atoms with Gasteiger partial charge in [-0.1, -0.05) is 6.42 Å². The highest BCUT2D eigenvalue weighted by Gasteiger charge is 2.20. The fourth-order valence-electron chi connectivity index (χ4n) is 1.83. The van der Waals surface area contributed by atoms with Crippen molar-refractivity contribution in [3.8, 4) is 0 Å². The summed E-state index contributed by atoms with van der Waals surface area (Å²) in [5, 5.41) is 6.33. The topological polar surface area (TPSA) is 50.4 Å². The summed E-state index contributed by atoms with van der Waals surface area (Å²) in [6.45, 7) is 3.25. The molecule has 4 nitrogen and oxygen atoms in total. The Morgan fingerprint density at radius 3 is 3.00 bits per heavy atom. The third-order valence-electron chi connectivity index (χ3n) is 2.62. The summed E-state index contributed by atoms with van der Waals surface area (Å²) < 4.78 is 4.76. The molecule has 1 heterocycles. The smallest absolute Gasteiger partial charge is 0.246 e. The number of methoxy groups -OCH3 is 1. The molecule has 0 bridgehead atoms. The summed E-state index contributed by atoms with van der Waals surface area (Å²) in [5.41, 5.74) is 0. The molecule has 1 amide bonds. The van der Waals surface area contributed by atoms with E-state index in [0.717, 1.165) is 13.0 Å². The van der Waals surface area contributed by atoms with Crippen molar-refractivity contribution in [1.29, 1.82) is 0 Å². The van der Waals surface area contributed by atoms with Gasteiger partial charge >= 0.3 is 0 Å². The molecule has 2 atom stereocenters. The first-order chi connectivity index (χ1) is 6.74. The van der Waals surface area contributed by atoms with Crippen LogP contribution in [-0.4, -0.2) is 38.3 Å². The summed E-state index contributed by atoms with van der Waals surface area (Å²) in [6.07, 6.45) is 3.64. The van der Waals surface area contributed by atoms with E-state index in [4.69, 9.17) is 4.74 Å². The van der Waals surface area contributed by atoms with Gasteiger partial charge in [0.25, 0.3) is 0 Å². The lowest BCUT2D eigenvalue weighted by Crippen LogP contribution is -2.50. The maximum absolute atomic E-state index is 11.2. The quantitative estimate of drug-likeness (QED) is 0.685. The SMILES string of the molecule is COCC(=O)NC(C)C1CCCCN1. The second-order valence-electron chi connectivity index (χ2n) is 3.85. The number of amides is 1. The first-order valence-electron chi connectivity index (χ1n) is 5.25. The Bertz CT molecular complexity index is 179. The van der Waals surface area contributed by atoms with E-state index in [9.17, 15) is 4.79 Å². The molecule has 1 fully saturated rings. The van der Waals surface area contributed by atoms with Gasteiger partial charge in [-0.3, -0.25) is 4.79 Å². The Hall–Kier alpha value is -0.610. The van der Waals surface area contributed by atoms with Gasteiger partial charge < -0.3 is 15.4 Å². The summed E-state index contributed by atoms with van der Waals surface area (Å²) in [7, 11) is 1.53. The molecule has 2 N–H and O–H groups in total. The third-order valence-corrected chi connectivity index (χ3v) is 2.62. The fourth-order valence-corrected chi connectivity index (χ4v) is 1.83. The van der Waals surface area contributed by atoms with Gasteiger partial charge in [0.2, 0.25) is 5.91 Å². The van der Waals surface area contributed by atoms with Crippen molar-refractivity contribution in [2.75, 3.05) is 20.3 Å². The van der Waals surface area contributed by atoms with E-state index in [-0.39, 0.29) is 18.6 Å². The second-order valence-corrected chi connectivity index (χ2v) is 3.85. The number of carbonyl (C=O) groups excluding carboxylic acids is 1. The predicted molar refractivity (Wildman–Crippen MR) is 55.1 cm³/mol. The van der Waals surface area contributed by atoms with Gasteiger partial charge in [-0.15, -0.1) is 0 Å². The van der Waals surface area contributed by atoms with Crippen molar-refractivity contribution in [2.45, 2.75) is 38.3 Å². The highest BCUT2D eigenvalue weighted by atomic mass is 16.5. The lowest BCUT2D eigenvalue weighted by atomic mass is 9.99. The maximum Gasteiger partial charge on any atom is 0.246 e. The first kappa shape index (κ1) is 11.5. The van der Waals surface area contributed by atoms with Crippen LogP contribution < -0.4 is 10.6 Å². The molecule has 4 heteroatoms. The highest BCUT2D eigenvalue weighted by molar-refractivity contribution is 5.77. The summed E-state index contributed by atoms with van der Waals surface area (Å²) >= 11 is 0. The van der Waals surface area contributed by atoms with Gasteiger partial charge in [-0.25, -0.2) is 0 Å². The minimum absolute atomic E-state index is 0.0348. The van der Waals surface area contributed by atoms with E-state index >= 15 is 0 Å². The molecule has 0 aromatic rings. The van der Waals surface area contributed by atoms with Crippen molar-refractivity contribution in [3.05, 3.63) is 0 Å². The van der Waals surface area contributed by atoms with Crippen LogP contribution in [0.3, 0.4) is 0 Å². The first-order valence-corrected chi connectivity index (χ1v) is 5.25. The molecule has 1 aliphatic rings. The Morgan fingerprint density at radius 2 is 2.43 bits per heavy atom. The van der Waals surface area contributed by atoms with Gasteiger partial charge in [0, 0.05) is 19.2 Å². The van der Waals surface area contributed by atoms with E-state index in [0.29, 0.717) is 6.04 Å². The lowest BCUT2D eigenvalue weighted by Gasteiger charge is -2.29. The van der Waals surface area contributed by atoms with Crippen LogP contribution in [0.25, 0.3) is 0 Å². The molecule has 0 aromatic carbocycles. The molecule has 0 aliphatic carbocycles. The van der Waals surface area contributed by atoms with Crippen LogP contribution in [0.15, 0.2) is 0 Å². The molecule has 14 heavy (non-hydrogen) atoms. The molecule has 1 saturated heterocycles. The number of nitrogens with one attached hydrogen (secondary N) is 2. The third kappa shape index (κ3) is 3.64. The Morgan fingerprint density at radius 1 is 1.64 bits per heavy atom. The Labute approximate surface area is 85.4 Å². The zero-order valence-corrected chi connectivity index (χ0v) is 9.01. The molecule has 0 spiro atoms. The second kappa shape index (κ2) is 5.98. The molecular weight excluding hydrogens is 180 g/mol. The lowest BCUT2D eigenvalue weighted by molar-refractivity contribution is -0.125. The van der Waals surface area contributed by atoms with Crippen molar-refractivity contribution in [3.63, 3.8) is 0 Å². The number of ether oxygens (including phenoxy) is 1. The average Bonchev–Trinajstić information content (AvgIpc) is 2.19. The van der Waals surface area contributed by atoms with Gasteiger partial charge in [0.05, 0.1) is 0 Å². The number of rotatable bonds is 4. The average molecular weight is 200 g/mol. The zero-order chi connectivity index (χ0) is 10.4. The molecule has 0 radical (unpaired) electrons. The molecule has 2 unspecified atom stereocenters. The standard InChI is InChI=1S/C10H20N2O2/c1-8(12-10(13)7-14-2)9-5-3-4-6-11-9/h8-9,11H,3-7H2,1-2H3,(H,12,13). The van der Waals surface area contributed by atoms with Crippen LogP contribution in [0.5, 0.6) is 0 Å². The largest absolute Gasteiger partial charge is 0.375 e. The van der Waals surface area contributed by atoms with E-state index in [2.05, 4.69) is 10.6 Å². The van der Waals surface area contributed by atoms with Crippen molar-refractivity contribution >= 4 is 5.91 Å². The molecule has 1 aliphatic heterocycles. The number of carbonyl (C=O) groups is 1. The van der Waals surface area contributed by atoms with Crippen LogP contribution >= 0.6 is 0 Å². The minimum atomic E-state index is -0.0348. The van der Waals surface area contributed by atoms with Crippen LogP contribution in [0.2, 0.25) is 0 Å². The fraction of sp³-hybridized carbons (Fsp3) is 0.900. The maximum atomic E-state index is 11.2. The van der Waals surface area contributed by atoms with Gasteiger partial charge in [0.1, 0.15) is 6.61 Å². The van der Waals surface area contributed by atoms with E-state index in [1.807, 2.05) is 6.92 Å². The van der Waals surface area contributed by atoms with Crippen molar-refractivity contribution in [1.82, 2.24) is 10.6 Å². The van der Waals surface area contributed by atoms with Gasteiger partial charge in [-0.05, 0) is 26.3 Å².